The molecule has 0 aromatic heterocycles. The summed E-state index contributed by atoms with van der Waals surface area (Å²) in [6, 6.07) is 0. The van der Waals surface area contributed by atoms with Crippen LogP contribution in [0.15, 0.2) is 12.7 Å². The normalized spacial score (nSPS) is 18.3. The van der Waals surface area contributed by atoms with Gasteiger partial charge in [-0.15, -0.1) is 6.58 Å². The Morgan fingerprint density at radius 2 is 2.38 bits per heavy atom. The fourth-order valence-corrected chi connectivity index (χ4v) is 1.36. The van der Waals surface area contributed by atoms with E-state index in [0.717, 1.165) is 32.5 Å². The summed E-state index contributed by atoms with van der Waals surface area (Å²) in [5, 5.41) is 9.16. The molecule has 1 aliphatic rings. The topological polar surface area (TPSA) is 32.7 Å². The smallest absolute Gasteiger partial charge is 0.376 e. The molecular formula is C9H18BNO2. The maximum atomic E-state index is 9.16. The zero-order valence-corrected chi connectivity index (χ0v) is 8.28. The fraction of sp³-hybridized carbons (Fsp3) is 0.778. The molecule has 0 amide bonds. The zero-order valence-electron chi connectivity index (χ0n) is 8.28. The molecule has 1 heterocycles. The Kier molecular flexibility index (Phi) is 4.49. The van der Waals surface area contributed by atoms with Gasteiger partial charge in [-0.2, -0.15) is 0 Å². The second kappa shape index (κ2) is 5.42. The number of unbranched alkanes of at least 4 members (excludes halogenated alkanes) is 1. The monoisotopic (exact) mass is 183 g/mol. The molecule has 1 fully saturated rings. The highest BCUT2D eigenvalue weighted by molar-refractivity contribution is 6.45. The minimum Gasteiger partial charge on any atom is -0.437 e. The summed E-state index contributed by atoms with van der Waals surface area (Å²) in [7, 11) is -0.326. The van der Waals surface area contributed by atoms with E-state index in [-0.39, 0.29) is 7.05 Å². The zero-order chi connectivity index (χ0) is 9.68. The van der Waals surface area contributed by atoms with Crippen molar-refractivity contribution >= 4 is 7.05 Å². The van der Waals surface area contributed by atoms with Crippen LogP contribution in [0.5, 0.6) is 0 Å². The number of rotatable bonds is 6. The Bertz CT molecular complexity index is 158. The summed E-state index contributed by atoms with van der Waals surface area (Å²) in [5.74, 6) is 0. The van der Waals surface area contributed by atoms with Gasteiger partial charge in [-0.05, 0) is 19.7 Å². The first-order valence-corrected chi connectivity index (χ1v) is 4.88. The Balaban J connectivity index is 1.93. The summed E-state index contributed by atoms with van der Waals surface area (Å²) in [6.45, 7) is 7.98. The molecule has 1 saturated heterocycles. The van der Waals surface area contributed by atoms with Crippen molar-refractivity contribution in [3.05, 3.63) is 12.7 Å². The molecular weight excluding hydrogens is 165 g/mol. The number of allylic oxidation sites excluding steroid dienone is 1. The summed E-state index contributed by atoms with van der Waals surface area (Å²) >= 11 is 0. The van der Waals surface area contributed by atoms with Crippen molar-refractivity contribution < 1.29 is 9.76 Å². The lowest BCUT2D eigenvalue weighted by molar-refractivity contribution is -0.0272. The van der Waals surface area contributed by atoms with E-state index in [2.05, 4.69) is 6.58 Å². The van der Waals surface area contributed by atoms with Gasteiger partial charge in [0.2, 0.25) is 0 Å². The SMILES string of the molecule is C=CCCCOC1CN(B(C)O)C1. The van der Waals surface area contributed by atoms with Gasteiger partial charge in [0.15, 0.2) is 0 Å². The predicted molar refractivity (Wildman–Crippen MR) is 54.6 cm³/mol. The average Bonchev–Trinajstić information content (AvgIpc) is 2.00. The summed E-state index contributed by atoms with van der Waals surface area (Å²) < 4.78 is 5.56. The van der Waals surface area contributed by atoms with Gasteiger partial charge >= 0.3 is 7.05 Å². The first kappa shape index (κ1) is 10.8. The minimum absolute atomic E-state index is 0.326. The van der Waals surface area contributed by atoms with E-state index in [9.17, 15) is 0 Å². The number of hydrogen-bond donors (Lipinski definition) is 1. The van der Waals surface area contributed by atoms with Crippen molar-refractivity contribution in [3.8, 4) is 0 Å². The van der Waals surface area contributed by atoms with Crippen LogP contribution in [0, 0.1) is 0 Å². The standard InChI is InChI=1S/C9H18BNO2/c1-3-4-5-6-13-9-7-11(8-9)10(2)12/h3,9,12H,1,4-8H2,2H3. The van der Waals surface area contributed by atoms with Crippen LogP contribution in [0.3, 0.4) is 0 Å². The molecule has 1 N–H and O–H groups in total. The van der Waals surface area contributed by atoms with Gasteiger partial charge in [0.05, 0.1) is 6.10 Å². The molecule has 0 unspecified atom stereocenters. The lowest BCUT2D eigenvalue weighted by atomic mass is 9.81. The van der Waals surface area contributed by atoms with Crippen molar-refractivity contribution in [2.75, 3.05) is 19.7 Å². The second-order valence-electron chi connectivity index (χ2n) is 3.51. The summed E-state index contributed by atoms with van der Waals surface area (Å²) in [4.78, 5) is 1.98. The van der Waals surface area contributed by atoms with E-state index in [0.29, 0.717) is 6.10 Å². The Labute approximate surface area is 80.5 Å². The van der Waals surface area contributed by atoms with Gasteiger partial charge in [0.25, 0.3) is 0 Å². The molecule has 0 aliphatic carbocycles. The number of ether oxygens (including phenoxy) is 1. The molecule has 0 radical (unpaired) electrons. The van der Waals surface area contributed by atoms with Crippen molar-refractivity contribution in [3.63, 3.8) is 0 Å². The van der Waals surface area contributed by atoms with E-state index >= 15 is 0 Å². The van der Waals surface area contributed by atoms with Crippen LogP contribution >= 0.6 is 0 Å². The highest BCUT2D eigenvalue weighted by atomic mass is 16.5. The molecule has 0 saturated carbocycles. The molecule has 1 rings (SSSR count). The molecule has 1 aliphatic heterocycles. The van der Waals surface area contributed by atoms with Gasteiger partial charge in [-0.1, -0.05) is 6.08 Å². The predicted octanol–water partition coefficient (Wildman–Crippen LogP) is 0.764. The van der Waals surface area contributed by atoms with Crippen molar-refractivity contribution in [1.82, 2.24) is 4.81 Å². The summed E-state index contributed by atoms with van der Waals surface area (Å²) in [6.07, 6.45) is 4.31. The highest BCUT2D eigenvalue weighted by Crippen LogP contribution is 2.12. The van der Waals surface area contributed by atoms with Crippen LogP contribution in [0.1, 0.15) is 12.8 Å². The fourth-order valence-electron chi connectivity index (χ4n) is 1.36. The number of hydrogen-bond acceptors (Lipinski definition) is 3. The molecule has 4 heteroatoms. The van der Waals surface area contributed by atoms with E-state index in [1.807, 2.05) is 10.9 Å². The molecule has 0 bridgehead atoms. The quantitative estimate of drug-likeness (QED) is 0.375. The average molecular weight is 183 g/mol. The third kappa shape index (κ3) is 3.50. The Morgan fingerprint density at radius 3 is 2.92 bits per heavy atom. The van der Waals surface area contributed by atoms with Gasteiger partial charge in [0, 0.05) is 19.7 Å². The summed E-state index contributed by atoms with van der Waals surface area (Å²) in [5.41, 5.74) is 0. The van der Waals surface area contributed by atoms with Crippen molar-refractivity contribution in [1.29, 1.82) is 0 Å². The largest absolute Gasteiger partial charge is 0.437 e. The van der Waals surface area contributed by atoms with Gasteiger partial charge in [0.1, 0.15) is 0 Å². The first-order chi connectivity index (χ1) is 6.24. The van der Waals surface area contributed by atoms with Crippen LogP contribution in [0.25, 0.3) is 0 Å². The van der Waals surface area contributed by atoms with Gasteiger partial charge < -0.3 is 14.6 Å². The van der Waals surface area contributed by atoms with Crippen LogP contribution in [-0.4, -0.2) is 42.7 Å². The molecule has 0 atom stereocenters. The lowest BCUT2D eigenvalue weighted by Gasteiger charge is -2.39. The first-order valence-electron chi connectivity index (χ1n) is 4.88. The molecule has 0 aromatic rings. The maximum Gasteiger partial charge on any atom is 0.376 e. The van der Waals surface area contributed by atoms with E-state index in [4.69, 9.17) is 9.76 Å². The lowest BCUT2D eigenvalue weighted by Crippen LogP contribution is -2.57. The van der Waals surface area contributed by atoms with Gasteiger partial charge in [-0.3, -0.25) is 0 Å². The minimum atomic E-state index is -0.326. The third-order valence-electron chi connectivity index (χ3n) is 2.31. The van der Waals surface area contributed by atoms with Gasteiger partial charge in [-0.25, -0.2) is 0 Å². The van der Waals surface area contributed by atoms with Crippen LogP contribution in [-0.2, 0) is 4.74 Å². The van der Waals surface area contributed by atoms with E-state index < -0.39 is 0 Å². The molecule has 0 spiro atoms. The molecule has 0 aromatic carbocycles. The van der Waals surface area contributed by atoms with Crippen LogP contribution < -0.4 is 0 Å². The molecule has 3 nitrogen and oxygen atoms in total. The molecule has 74 valence electrons. The van der Waals surface area contributed by atoms with Crippen LogP contribution in [0.4, 0.5) is 0 Å². The second-order valence-corrected chi connectivity index (χ2v) is 3.51. The van der Waals surface area contributed by atoms with Crippen molar-refractivity contribution in [2.45, 2.75) is 25.8 Å². The molecule has 13 heavy (non-hydrogen) atoms. The Morgan fingerprint density at radius 1 is 1.69 bits per heavy atom. The van der Waals surface area contributed by atoms with Crippen molar-refractivity contribution in [2.24, 2.45) is 0 Å². The third-order valence-corrected chi connectivity index (χ3v) is 2.31. The van der Waals surface area contributed by atoms with E-state index in [1.54, 1.807) is 6.82 Å². The Hall–Kier alpha value is -0.315. The number of nitrogens with zero attached hydrogens (tertiary/aromatic N) is 1. The highest BCUT2D eigenvalue weighted by Gasteiger charge is 2.31. The maximum absolute atomic E-state index is 9.16. The van der Waals surface area contributed by atoms with E-state index in [1.165, 1.54) is 0 Å². The van der Waals surface area contributed by atoms with Crippen LogP contribution in [0.2, 0.25) is 6.82 Å².